The lowest BCUT2D eigenvalue weighted by Crippen LogP contribution is -2.18. The molecular formula is C8H12N2S. The zero-order valence-electron chi connectivity index (χ0n) is 6.87. The van der Waals surface area contributed by atoms with Crippen molar-refractivity contribution in [2.24, 2.45) is 4.99 Å². The van der Waals surface area contributed by atoms with Crippen LogP contribution >= 0.6 is 11.8 Å². The number of hydrogen-bond donors (Lipinski definition) is 0. The molecule has 1 aliphatic heterocycles. The number of aliphatic imine (C=N–C) groups is 1. The van der Waals surface area contributed by atoms with E-state index < -0.39 is 0 Å². The van der Waals surface area contributed by atoms with Crippen molar-refractivity contribution >= 4 is 17.6 Å². The van der Waals surface area contributed by atoms with Crippen LogP contribution in [0.5, 0.6) is 0 Å². The van der Waals surface area contributed by atoms with Gasteiger partial charge in [-0.2, -0.15) is 0 Å². The van der Waals surface area contributed by atoms with Crippen LogP contribution in [0.3, 0.4) is 0 Å². The van der Waals surface area contributed by atoms with Crippen molar-refractivity contribution in [1.82, 2.24) is 4.90 Å². The summed E-state index contributed by atoms with van der Waals surface area (Å²) in [6.07, 6.45) is 3.73. The first kappa shape index (κ1) is 8.40. The third-order valence-electron chi connectivity index (χ3n) is 1.50. The van der Waals surface area contributed by atoms with Crippen molar-refractivity contribution < 1.29 is 0 Å². The highest BCUT2D eigenvalue weighted by Gasteiger charge is 2.17. The lowest BCUT2D eigenvalue weighted by Gasteiger charge is -2.09. The highest BCUT2D eigenvalue weighted by Crippen LogP contribution is 2.25. The van der Waals surface area contributed by atoms with E-state index in [1.807, 2.05) is 31.1 Å². The van der Waals surface area contributed by atoms with Crippen LogP contribution in [0.4, 0.5) is 0 Å². The molecule has 0 aromatic heterocycles. The molecule has 0 aliphatic carbocycles. The summed E-state index contributed by atoms with van der Waals surface area (Å²) in [7, 11) is 1.99. The van der Waals surface area contributed by atoms with E-state index in [2.05, 4.69) is 11.6 Å². The van der Waals surface area contributed by atoms with Crippen LogP contribution in [0, 0.1) is 0 Å². The molecule has 0 N–H and O–H groups in total. The number of thioether (sulfide) groups is 1. The summed E-state index contributed by atoms with van der Waals surface area (Å²) in [6, 6.07) is 0. The largest absolute Gasteiger partial charge is 0.327 e. The van der Waals surface area contributed by atoms with Crippen molar-refractivity contribution in [3.63, 3.8) is 0 Å². The molecule has 0 amide bonds. The first-order valence-electron chi connectivity index (χ1n) is 3.49. The van der Waals surface area contributed by atoms with Gasteiger partial charge >= 0.3 is 0 Å². The summed E-state index contributed by atoms with van der Waals surface area (Å²) in [5, 5.41) is 1.08. The second-order valence-corrected chi connectivity index (χ2v) is 3.32. The Morgan fingerprint density at radius 2 is 2.45 bits per heavy atom. The molecule has 2 nitrogen and oxygen atoms in total. The van der Waals surface area contributed by atoms with Crippen LogP contribution in [-0.2, 0) is 0 Å². The maximum Gasteiger partial charge on any atom is 0.119 e. The molecule has 0 radical (unpaired) electrons. The molecule has 1 heterocycles. The van der Waals surface area contributed by atoms with Gasteiger partial charge in [0.2, 0.25) is 0 Å². The van der Waals surface area contributed by atoms with Gasteiger partial charge in [0, 0.05) is 13.2 Å². The summed E-state index contributed by atoms with van der Waals surface area (Å²) in [5.74, 6) is 2.03. The van der Waals surface area contributed by atoms with Crippen molar-refractivity contribution in [3.05, 3.63) is 23.9 Å². The van der Waals surface area contributed by atoms with E-state index in [9.17, 15) is 0 Å². The SMILES string of the molecule is C=C1SCC(=NC=CC)N1C. The Bertz CT molecular complexity index is 218. The maximum atomic E-state index is 4.25. The molecule has 60 valence electrons. The third kappa shape index (κ3) is 1.87. The molecule has 0 atom stereocenters. The maximum absolute atomic E-state index is 4.25. The molecule has 0 aromatic carbocycles. The van der Waals surface area contributed by atoms with Gasteiger partial charge in [-0.1, -0.05) is 12.7 Å². The fourth-order valence-electron chi connectivity index (χ4n) is 0.770. The van der Waals surface area contributed by atoms with Crippen molar-refractivity contribution in [1.29, 1.82) is 0 Å². The molecule has 3 heteroatoms. The molecule has 0 spiro atoms. The van der Waals surface area contributed by atoms with Crippen LogP contribution in [0.15, 0.2) is 28.9 Å². The van der Waals surface area contributed by atoms with Crippen molar-refractivity contribution in [2.45, 2.75) is 6.92 Å². The van der Waals surface area contributed by atoms with Gasteiger partial charge in [0.1, 0.15) is 5.84 Å². The lowest BCUT2D eigenvalue weighted by molar-refractivity contribution is 0.683. The number of nitrogens with zero attached hydrogens (tertiary/aromatic N) is 2. The molecule has 0 unspecified atom stereocenters. The number of allylic oxidation sites excluding steroid dienone is 1. The van der Waals surface area contributed by atoms with Crippen LogP contribution in [0.1, 0.15) is 6.92 Å². The standard InChI is InChI=1S/C8H12N2S/c1-4-5-9-8-6-11-7(2)10(8)3/h4-5H,2,6H2,1,3H3. The zero-order valence-corrected chi connectivity index (χ0v) is 7.69. The predicted octanol–water partition coefficient (Wildman–Crippen LogP) is 2.07. The smallest absolute Gasteiger partial charge is 0.119 e. The van der Waals surface area contributed by atoms with Crippen molar-refractivity contribution in [2.75, 3.05) is 12.8 Å². The first-order chi connectivity index (χ1) is 5.25. The molecule has 1 rings (SSSR count). The molecular weight excluding hydrogens is 156 g/mol. The van der Waals surface area contributed by atoms with E-state index in [1.165, 1.54) is 0 Å². The second kappa shape index (κ2) is 3.62. The lowest BCUT2D eigenvalue weighted by atomic mass is 10.6. The van der Waals surface area contributed by atoms with Gasteiger partial charge in [-0.05, 0) is 6.92 Å². The highest BCUT2D eigenvalue weighted by molar-refractivity contribution is 8.04. The Morgan fingerprint density at radius 3 is 2.91 bits per heavy atom. The van der Waals surface area contributed by atoms with E-state index in [1.54, 1.807) is 11.8 Å². The number of hydrogen-bond acceptors (Lipinski definition) is 2. The summed E-state index contributed by atoms with van der Waals surface area (Å²) in [5.41, 5.74) is 0. The van der Waals surface area contributed by atoms with E-state index in [-0.39, 0.29) is 0 Å². The average molecular weight is 168 g/mol. The van der Waals surface area contributed by atoms with Gasteiger partial charge in [-0.15, -0.1) is 11.8 Å². The predicted molar refractivity (Wildman–Crippen MR) is 51.6 cm³/mol. The van der Waals surface area contributed by atoms with Gasteiger partial charge in [-0.25, -0.2) is 4.99 Å². The number of amidine groups is 1. The fraction of sp³-hybridized carbons (Fsp3) is 0.375. The van der Waals surface area contributed by atoms with Gasteiger partial charge < -0.3 is 4.90 Å². The van der Waals surface area contributed by atoms with Crippen LogP contribution in [0.25, 0.3) is 0 Å². The Labute approximate surface area is 71.7 Å². The quantitative estimate of drug-likeness (QED) is 0.595. The monoisotopic (exact) mass is 168 g/mol. The zero-order chi connectivity index (χ0) is 8.27. The van der Waals surface area contributed by atoms with Crippen LogP contribution < -0.4 is 0 Å². The number of rotatable bonds is 1. The molecule has 1 aliphatic rings. The summed E-state index contributed by atoms with van der Waals surface area (Å²) in [6.45, 7) is 5.84. The second-order valence-electron chi connectivity index (χ2n) is 2.27. The van der Waals surface area contributed by atoms with E-state index in [0.717, 1.165) is 16.6 Å². The Morgan fingerprint density at radius 1 is 1.73 bits per heavy atom. The topological polar surface area (TPSA) is 15.6 Å². The first-order valence-corrected chi connectivity index (χ1v) is 4.47. The Kier molecular flexibility index (Phi) is 2.76. The minimum atomic E-state index is 0.944. The van der Waals surface area contributed by atoms with E-state index in [0.29, 0.717) is 0 Å². The molecule has 0 aromatic rings. The molecule has 1 saturated heterocycles. The third-order valence-corrected chi connectivity index (χ3v) is 2.51. The molecule has 0 bridgehead atoms. The summed E-state index contributed by atoms with van der Waals surface area (Å²) < 4.78 is 0. The average Bonchev–Trinajstić information content (AvgIpc) is 2.31. The minimum absolute atomic E-state index is 0.944. The van der Waals surface area contributed by atoms with E-state index in [4.69, 9.17) is 0 Å². The normalized spacial score (nSPS) is 22.5. The fourth-order valence-corrected chi connectivity index (χ4v) is 1.63. The summed E-state index contributed by atoms with van der Waals surface area (Å²) in [4.78, 5) is 6.27. The Balaban J connectivity index is 2.68. The van der Waals surface area contributed by atoms with Gasteiger partial charge in [-0.3, -0.25) is 0 Å². The van der Waals surface area contributed by atoms with Gasteiger partial charge in [0.25, 0.3) is 0 Å². The molecule has 11 heavy (non-hydrogen) atoms. The highest BCUT2D eigenvalue weighted by atomic mass is 32.2. The van der Waals surface area contributed by atoms with Gasteiger partial charge in [0.05, 0.1) is 10.8 Å². The van der Waals surface area contributed by atoms with Crippen LogP contribution in [0.2, 0.25) is 0 Å². The van der Waals surface area contributed by atoms with Gasteiger partial charge in [0.15, 0.2) is 0 Å². The Hall–Kier alpha value is -0.700. The minimum Gasteiger partial charge on any atom is -0.327 e. The molecule has 1 fully saturated rings. The van der Waals surface area contributed by atoms with Crippen LogP contribution in [-0.4, -0.2) is 23.5 Å². The molecule has 0 saturated carbocycles. The van der Waals surface area contributed by atoms with E-state index >= 15 is 0 Å². The summed E-state index contributed by atoms with van der Waals surface area (Å²) >= 11 is 1.73. The van der Waals surface area contributed by atoms with Crippen molar-refractivity contribution in [3.8, 4) is 0 Å².